The third-order valence-corrected chi connectivity index (χ3v) is 4.10. The zero-order valence-corrected chi connectivity index (χ0v) is 11.8. The lowest BCUT2D eigenvalue weighted by atomic mass is 10.3. The summed E-state index contributed by atoms with van der Waals surface area (Å²) >= 11 is 1.80. The number of nitrogens with two attached hydrogens (primary N) is 1. The second-order valence-electron chi connectivity index (χ2n) is 4.74. The van der Waals surface area contributed by atoms with Gasteiger partial charge in [0.1, 0.15) is 0 Å². The van der Waals surface area contributed by atoms with E-state index in [4.69, 9.17) is 5.73 Å². The quantitative estimate of drug-likeness (QED) is 0.814. The minimum atomic E-state index is 0.434. The van der Waals surface area contributed by atoms with Crippen molar-refractivity contribution in [2.75, 3.05) is 39.8 Å². The lowest BCUT2D eigenvalue weighted by molar-refractivity contribution is 0.271. The van der Waals surface area contributed by atoms with Gasteiger partial charge in [-0.3, -0.25) is 4.90 Å². The summed E-state index contributed by atoms with van der Waals surface area (Å²) in [6.07, 6.45) is 1.27. The Hall–Kier alpha value is -0.860. The predicted octanol–water partition coefficient (Wildman–Crippen LogP) is 1.20. The van der Waals surface area contributed by atoms with Gasteiger partial charge >= 0.3 is 0 Å². The van der Waals surface area contributed by atoms with Gasteiger partial charge in [-0.25, -0.2) is 0 Å². The van der Waals surface area contributed by atoms with E-state index in [9.17, 15) is 0 Å². The summed E-state index contributed by atoms with van der Waals surface area (Å²) in [5.74, 6) is 5.99. The SMILES string of the molecule is CN1CCCN(Cc2cc(C#CCN)cs2)CC1. The number of hydrogen-bond donors (Lipinski definition) is 1. The van der Waals surface area contributed by atoms with E-state index in [0.29, 0.717) is 6.54 Å². The first-order valence-corrected chi connectivity index (χ1v) is 7.33. The molecule has 0 unspecified atom stereocenters. The van der Waals surface area contributed by atoms with Gasteiger partial charge in [0.2, 0.25) is 0 Å². The molecule has 1 aromatic heterocycles. The second-order valence-corrected chi connectivity index (χ2v) is 5.74. The molecule has 1 fully saturated rings. The highest BCUT2D eigenvalue weighted by Gasteiger charge is 2.12. The fourth-order valence-corrected chi connectivity index (χ4v) is 3.02. The molecule has 1 aromatic rings. The van der Waals surface area contributed by atoms with Gasteiger partial charge in [0, 0.05) is 35.5 Å². The Kier molecular flexibility index (Phi) is 5.21. The average molecular weight is 263 g/mol. The molecule has 2 heterocycles. The molecule has 3 nitrogen and oxygen atoms in total. The molecule has 2 rings (SSSR count). The van der Waals surface area contributed by atoms with Gasteiger partial charge in [0.25, 0.3) is 0 Å². The van der Waals surface area contributed by atoms with E-state index in [2.05, 4.69) is 40.1 Å². The van der Waals surface area contributed by atoms with Gasteiger partial charge in [0.05, 0.1) is 6.54 Å². The van der Waals surface area contributed by atoms with Gasteiger partial charge in [-0.15, -0.1) is 11.3 Å². The summed E-state index contributed by atoms with van der Waals surface area (Å²) in [5.41, 5.74) is 6.48. The first-order valence-electron chi connectivity index (χ1n) is 6.45. The molecule has 0 spiro atoms. The molecule has 0 aromatic carbocycles. The Labute approximate surface area is 114 Å². The first kappa shape index (κ1) is 13.6. The molecule has 18 heavy (non-hydrogen) atoms. The Balaban J connectivity index is 1.90. The summed E-state index contributed by atoms with van der Waals surface area (Å²) in [6, 6.07) is 2.20. The molecule has 0 bridgehead atoms. The van der Waals surface area contributed by atoms with Gasteiger partial charge in [-0.05, 0) is 32.6 Å². The molecule has 0 amide bonds. The summed E-state index contributed by atoms with van der Waals surface area (Å²) < 4.78 is 0. The smallest absolute Gasteiger partial charge is 0.0555 e. The lowest BCUT2D eigenvalue weighted by Crippen LogP contribution is -2.28. The zero-order valence-electron chi connectivity index (χ0n) is 11.0. The fourth-order valence-electron chi connectivity index (χ4n) is 2.16. The van der Waals surface area contributed by atoms with Crippen LogP contribution in [0, 0.1) is 11.8 Å². The van der Waals surface area contributed by atoms with Gasteiger partial charge in [-0.1, -0.05) is 11.8 Å². The van der Waals surface area contributed by atoms with Crippen LogP contribution in [0.5, 0.6) is 0 Å². The van der Waals surface area contributed by atoms with Crippen molar-refractivity contribution in [3.05, 3.63) is 21.9 Å². The van der Waals surface area contributed by atoms with E-state index in [1.807, 2.05) is 0 Å². The molecular formula is C14H21N3S. The van der Waals surface area contributed by atoms with Crippen LogP contribution >= 0.6 is 11.3 Å². The molecule has 1 aliphatic rings. The number of nitrogens with zero attached hydrogens (tertiary/aromatic N) is 2. The predicted molar refractivity (Wildman–Crippen MR) is 77.6 cm³/mol. The van der Waals surface area contributed by atoms with Crippen molar-refractivity contribution in [1.29, 1.82) is 0 Å². The van der Waals surface area contributed by atoms with Gasteiger partial charge in [-0.2, -0.15) is 0 Å². The van der Waals surface area contributed by atoms with Crippen LogP contribution in [0.4, 0.5) is 0 Å². The summed E-state index contributed by atoms with van der Waals surface area (Å²) in [4.78, 5) is 6.35. The highest BCUT2D eigenvalue weighted by atomic mass is 32.1. The molecule has 4 heteroatoms. The molecular weight excluding hydrogens is 242 g/mol. The van der Waals surface area contributed by atoms with Crippen LogP contribution in [0.1, 0.15) is 16.9 Å². The Morgan fingerprint density at radius 1 is 1.33 bits per heavy atom. The number of likely N-dealkylation sites (N-methyl/N-ethyl adjacent to an activating group) is 1. The third-order valence-electron chi connectivity index (χ3n) is 3.18. The minimum absolute atomic E-state index is 0.434. The van der Waals surface area contributed by atoms with Gasteiger partial charge < -0.3 is 10.6 Å². The minimum Gasteiger partial charge on any atom is -0.320 e. The third kappa shape index (κ3) is 4.11. The number of hydrogen-bond acceptors (Lipinski definition) is 4. The highest BCUT2D eigenvalue weighted by molar-refractivity contribution is 7.10. The number of thiophene rings is 1. The molecule has 0 saturated carbocycles. The van der Waals surface area contributed by atoms with E-state index < -0.39 is 0 Å². The van der Waals surface area contributed by atoms with Crippen molar-refractivity contribution < 1.29 is 0 Å². The molecule has 0 atom stereocenters. The standard InChI is InChI=1S/C14H21N3S/c1-16-6-3-7-17(9-8-16)11-14-10-13(12-18-14)4-2-5-15/h10,12H,3,5-9,11,15H2,1H3. The maximum Gasteiger partial charge on any atom is 0.0555 e. The lowest BCUT2D eigenvalue weighted by Gasteiger charge is -2.18. The van der Waals surface area contributed by atoms with Crippen LogP contribution in [0.2, 0.25) is 0 Å². The van der Waals surface area contributed by atoms with Crippen LogP contribution in [0.15, 0.2) is 11.4 Å². The van der Waals surface area contributed by atoms with E-state index >= 15 is 0 Å². The molecule has 2 N–H and O–H groups in total. The molecule has 1 aliphatic heterocycles. The molecule has 0 radical (unpaired) electrons. The van der Waals surface area contributed by atoms with Crippen LogP contribution in [-0.2, 0) is 6.54 Å². The van der Waals surface area contributed by atoms with E-state index in [1.165, 1.54) is 30.9 Å². The summed E-state index contributed by atoms with van der Waals surface area (Å²) in [6.45, 7) is 6.25. The maximum absolute atomic E-state index is 5.38. The van der Waals surface area contributed by atoms with Crippen molar-refractivity contribution >= 4 is 11.3 Å². The van der Waals surface area contributed by atoms with Crippen molar-refractivity contribution in [3.8, 4) is 11.8 Å². The molecule has 98 valence electrons. The molecule has 0 aliphatic carbocycles. The zero-order chi connectivity index (χ0) is 12.8. The topological polar surface area (TPSA) is 32.5 Å². The van der Waals surface area contributed by atoms with Crippen LogP contribution < -0.4 is 5.73 Å². The monoisotopic (exact) mass is 263 g/mol. The average Bonchev–Trinajstić information content (AvgIpc) is 2.70. The molecule has 1 saturated heterocycles. The normalized spacial score (nSPS) is 18.1. The van der Waals surface area contributed by atoms with Gasteiger partial charge in [0.15, 0.2) is 0 Å². The Morgan fingerprint density at radius 3 is 3.06 bits per heavy atom. The van der Waals surface area contributed by atoms with E-state index in [1.54, 1.807) is 11.3 Å². The van der Waals surface area contributed by atoms with Crippen LogP contribution in [0.3, 0.4) is 0 Å². The fraction of sp³-hybridized carbons (Fsp3) is 0.571. The largest absolute Gasteiger partial charge is 0.320 e. The Morgan fingerprint density at radius 2 is 2.22 bits per heavy atom. The van der Waals surface area contributed by atoms with Crippen molar-refractivity contribution in [2.24, 2.45) is 5.73 Å². The first-order chi connectivity index (χ1) is 8.78. The highest BCUT2D eigenvalue weighted by Crippen LogP contribution is 2.17. The van der Waals surface area contributed by atoms with Crippen molar-refractivity contribution in [2.45, 2.75) is 13.0 Å². The maximum atomic E-state index is 5.38. The van der Waals surface area contributed by atoms with Crippen molar-refractivity contribution in [3.63, 3.8) is 0 Å². The number of rotatable bonds is 2. The summed E-state index contributed by atoms with van der Waals surface area (Å²) in [7, 11) is 2.20. The van der Waals surface area contributed by atoms with E-state index in [0.717, 1.165) is 18.7 Å². The van der Waals surface area contributed by atoms with E-state index in [-0.39, 0.29) is 0 Å². The van der Waals surface area contributed by atoms with Crippen LogP contribution in [0.25, 0.3) is 0 Å². The summed E-state index contributed by atoms with van der Waals surface area (Å²) in [5, 5.41) is 2.13. The van der Waals surface area contributed by atoms with Crippen molar-refractivity contribution in [1.82, 2.24) is 9.80 Å². The Bertz CT molecular complexity index is 430. The van der Waals surface area contributed by atoms with Crippen LogP contribution in [-0.4, -0.2) is 49.6 Å². The second kappa shape index (κ2) is 6.91.